The van der Waals surface area contributed by atoms with Crippen molar-refractivity contribution in [2.24, 2.45) is 4.40 Å². The molecule has 104 valence electrons. The molecule has 0 radical (unpaired) electrons. The molecule has 2 aromatic rings. The molecule has 0 amide bonds. The molecule has 0 saturated carbocycles. The fourth-order valence-electron chi connectivity index (χ4n) is 1.75. The minimum Gasteiger partial charge on any atom is -0.199 e. The van der Waals surface area contributed by atoms with E-state index in [0.717, 1.165) is 5.56 Å². The first-order chi connectivity index (χ1) is 9.40. The highest BCUT2D eigenvalue weighted by molar-refractivity contribution is 7.90. The Balaban J connectivity index is 2.43. The summed E-state index contributed by atoms with van der Waals surface area (Å²) in [5, 5.41) is 0.479. The lowest BCUT2D eigenvalue weighted by molar-refractivity contribution is 0.598. The molecule has 0 N–H and O–H groups in total. The van der Waals surface area contributed by atoms with Crippen molar-refractivity contribution in [3.05, 3.63) is 64.7 Å². The van der Waals surface area contributed by atoms with Crippen LogP contribution in [0.1, 0.15) is 18.1 Å². The summed E-state index contributed by atoms with van der Waals surface area (Å²) >= 11 is 6.04. The van der Waals surface area contributed by atoms with Crippen molar-refractivity contribution >= 4 is 27.3 Å². The number of rotatable bonds is 3. The summed E-state index contributed by atoms with van der Waals surface area (Å²) in [6.07, 6.45) is 0. The number of benzene rings is 2. The van der Waals surface area contributed by atoms with E-state index in [9.17, 15) is 8.42 Å². The van der Waals surface area contributed by atoms with Gasteiger partial charge in [-0.2, -0.15) is 12.8 Å². The predicted molar refractivity (Wildman–Crippen MR) is 82.0 cm³/mol. The standard InChI is InChI=1S/C15H14ClNO2S/c1-11-7-9-13(10-8-11)20(18,19)17-12(2)14-5-3-4-6-15(14)16/h3-10H,1-2H3. The van der Waals surface area contributed by atoms with E-state index in [-0.39, 0.29) is 4.90 Å². The van der Waals surface area contributed by atoms with Crippen molar-refractivity contribution in [3.8, 4) is 0 Å². The summed E-state index contributed by atoms with van der Waals surface area (Å²) in [4.78, 5) is 0.175. The fourth-order valence-corrected chi connectivity index (χ4v) is 3.06. The van der Waals surface area contributed by atoms with Gasteiger partial charge in [0.1, 0.15) is 0 Å². The number of nitrogens with zero attached hydrogens (tertiary/aromatic N) is 1. The zero-order valence-electron chi connectivity index (χ0n) is 11.2. The Hall–Kier alpha value is -1.65. The van der Waals surface area contributed by atoms with Gasteiger partial charge in [0.2, 0.25) is 0 Å². The van der Waals surface area contributed by atoms with Gasteiger partial charge in [0.25, 0.3) is 10.0 Å². The first-order valence-corrected chi connectivity index (χ1v) is 7.85. The molecule has 0 fully saturated rings. The van der Waals surface area contributed by atoms with Gasteiger partial charge in [-0.05, 0) is 32.0 Å². The average Bonchev–Trinajstić information content (AvgIpc) is 2.39. The van der Waals surface area contributed by atoms with E-state index in [1.807, 2.05) is 6.92 Å². The summed E-state index contributed by atoms with van der Waals surface area (Å²) < 4.78 is 28.3. The van der Waals surface area contributed by atoms with E-state index < -0.39 is 10.0 Å². The van der Waals surface area contributed by atoms with Gasteiger partial charge in [-0.25, -0.2) is 0 Å². The number of halogens is 1. The van der Waals surface area contributed by atoms with Gasteiger partial charge in [0.15, 0.2) is 0 Å². The molecule has 0 heterocycles. The lowest BCUT2D eigenvalue weighted by atomic mass is 10.1. The van der Waals surface area contributed by atoms with Crippen molar-refractivity contribution in [1.29, 1.82) is 0 Å². The number of hydrogen-bond donors (Lipinski definition) is 0. The van der Waals surface area contributed by atoms with Gasteiger partial charge >= 0.3 is 0 Å². The van der Waals surface area contributed by atoms with Gasteiger partial charge in [-0.3, -0.25) is 0 Å². The highest BCUT2D eigenvalue weighted by Gasteiger charge is 2.14. The molecule has 20 heavy (non-hydrogen) atoms. The Bertz CT molecular complexity index is 750. The largest absolute Gasteiger partial charge is 0.282 e. The SMILES string of the molecule is CC(=NS(=O)(=O)c1ccc(C)cc1)c1ccccc1Cl. The van der Waals surface area contributed by atoms with Crippen molar-refractivity contribution in [2.75, 3.05) is 0 Å². The average molecular weight is 308 g/mol. The van der Waals surface area contributed by atoms with E-state index in [1.54, 1.807) is 55.5 Å². The van der Waals surface area contributed by atoms with Gasteiger partial charge < -0.3 is 0 Å². The summed E-state index contributed by atoms with van der Waals surface area (Å²) in [5.74, 6) is 0. The molecule has 0 aliphatic rings. The highest BCUT2D eigenvalue weighted by atomic mass is 35.5. The smallest absolute Gasteiger partial charge is 0.199 e. The van der Waals surface area contributed by atoms with Crippen LogP contribution in [0.25, 0.3) is 0 Å². The van der Waals surface area contributed by atoms with E-state index in [4.69, 9.17) is 11.6 Å². The molecule has 0 aliphatic heterocycles. The lowest BCUT2D eigenvalue weighted by Gasteiger charge is -2.04. The third kappa shape index (κ3) is 3.26. The number of hydrogen-bond acceptors (Lipinski definition) is 2. The maximum atomic E-state index is 12.2. The topological polar surface area (TPSA) is 46.5 Å². The van der Waals surface area contributed by atoms with Crippen LogP contribution in [0.2, 0.25) is 5.02 Å². The Labute approximate surface area is 124 Å². The predicted octanol–water partition coefficient (Wildman–Crippen LogP) is 3.85. The van der Waals surface area contributed by atoms with Gasteiger partial charge in [0, 0.05) is 10.6 Å². The maximum absolute atomic E-state index is 12.2. The summed E-state index contributed by atoms with van der Waals surface area (Å²) in [7, 11) is -3.71. The van der Waals surface area contributed by atoms with Crippen molar-refractivity contribution in [2.45, 2.75) is 18.7 Å². The monoisotopic (exact) mass is 307 g/mol. The van der Waals surface area contributed by atoms with Gasteiger partial charge in [0.05, 0.1) is 10.6 Å². The molecule has 0 unspecified atom stereocenters. The van der Waals surface area contributed by atoms with Crippen molar-refractivity contribution < 1.29 is 8.42 Å². The zero-order valence-corrected chi connectivity index (χ0v) is 12.7. The Morgan fingerprint density at radius 3 is 2.25 bits per heavy atom. The minimum atomic E-state index is -3.71. The minimum absolute atomic E-state index is 0.175. The molecule has 2 aromatic carbocycles. The van der Waals surface area contributed by atoms with Crippen LogP contribution in [0, 0.1) is 6.92 Å². The summed E-state index contributed by atoms with van der Waals surface area (Å²) in [6, 6.07) is 13.6. The lowest BCUT2D eigenvalue weighted by Crippen LogP contribution is -2.03. The third-order valence-electron chi connectivity index (χ3n) is 2.84. The maximum Gasteiger partial charge on any atom is 0.282 e. The van der Waals surface area contributed by atoms with Gasteiger partial charge in [-0.1, -0.05) is 47.5 Å². The zero-order chi connectivity index (χ0) is 14.8. The van der Waals surface area contributed by atoms with Crippen LogP contribution in [0.5, 0.6) is 0 Å². The molecule has 5 heteroatoms. The first-order valence-electron chi connectivity index (χ1n) is 6.03. The molecular weight excluding hydrogens is 294 g/mol. The van der Waals surface area contributed by atoms with Gasteiger partial charge in [-0.15, -0.1) is 0 Å². The summed E-state index contributed by atoms with van der Waals surface area (Å²) in [5.41, 5.74) is 1.98. The van der Waals surface area contributed by atoms with Crippen LogP contribution in [0.4, 0.5) is 0 Å². The fraction of sp³-hybridized carbons (Fsp3) is 0.133. The van der Waals surface area contributed by atoms with Crippen LogP contribution in [-0.4, -0.2) is 14.1 Å². The molecular formula is C15H14ClNO2S. The molecule has 0 aromatic heterocycles. The van der Waals surface area contributed by atoms with Crippen molar-refractivity contribution in [1.82, 2.24) is 0 Å². The second-order valence-corrected chi connectivity index (χ2v) is 6.46. The Morgan fingerprint density at radius 1 is 1.05 bits per heavy atom. The molecule has 0 atom stereocenters. The van der Waals surface area contributed by atoms with Crippen LogP contribution < -0.4 is 0 Å². The highest BCUT2D eigenvalue weighted by Crippen LogP contribution is 2.19. The number of sulfonamides is 1. The van der Waals surface area contributed by atoms with E-state index in [1.165, 1.54) is 0 Å². The summed E-state index contributed by atoms with van der Waals surface area (Å²) in [6.45, 7) is 3.53. The van der Waals surface area contributed by atoms with Crippen LogP contribution >= 0.6 is 11.6 Å². The van der Waals surface area contributed by atoms with Crippen molar-refractivity contribution in [3.63, 3.8) is 0 Å². The quantitative estimate of drug-likeness (QED) is 0.809. The van der Waals surface area contributed by atoms with E-state index in [0.29, 0.717) is 16.3 Å². The van der Waals surface area contributed by atoms with Crippen LogP contribution in [-0.2, 0) is 10.0 Å². The molecule has 3 nitrogen and oxygen atoms in total. The molecule has 0 saturated heterocycles. The van der Waals surface area contributed by atoms with Crippen LogP contribution in [0.3, 0.4) is 0 Å². The van der Waals surface area contributed by atoms with Crippen LogP contribution in [0.15, 0.2) is 57.8 Å². The van der Waals surface area contributed by atoms with E-state index in [2.05, 4.69) is 4.40 Å². The molecule has 0 spiro atoms. The second kappa shape index (κ2) is 5.77. The number of aryl methyl sites for hydroxylation is 1. The molecule has 0 bridgehead atoms. The Kier molecular flexibility index (Phi) is 4.26. The Morgan fingerprint density at radius 2 is 1.65 bits per heavy atom. The second-order valence-electron chi connectivity index (χ2n) is 4.44. The molecule has 0 aliphatic carbocycles. The molecule has 2 rings (SSSR count). The normalized spacial score (nSPS) is 12.4. The third-order valence-corrected chi connectivity index (χ3v) is 4.55. The van der Waals surface area contributed by atoms with E-state index >= 15 is 0 Å². The first kappa shape index (κ1) is 14.8.